The Hall–Kier alpha value is -2.66. The Morgan fingerprint density at radius 3 is 2.25 bits per heavy atom. The van der Waals surface area contributed by atoms with Crippen LogP contribution in [0.1, 0.15) is 37.0 Å². The molecule has 5 nitrogen and oxygen atoms in total. The average molecular weight is 326 g/mol. The van der Waals surface area contributed by atoms with Gasteiger partial charge in [-0.15, -0.1) is 0 Å². The van der Waals surface area contributed by atoms with Crippen molar-refractivity contribution in [3.05, 3.63) is 59.7 Å². The second-order valence-corrected chi connectivity index (χ2v) is 5.58. The third kappa shape index (κ3) is 4.43. The zero-order chi connectivity index (χ0) is 17.5. The van der Waals surface area contributed by atoms with Crippen LogP contribution < -0.4 is 10.6 Å². The molecule has 2 rings (SSSR count). The van der Waals surface area contributed by atoms with Crippen molar-refractivity contribution in [3.8, 4) is 0 Å². The van der Waals surface area contributed by atoms with Gasteiger partial charge in [0.25, 0.3) is 5.91 Å². The quantitative estimate of drug-likeness (QED) is 0.761. The van der Waals surface area contributed by atoms with Crippen LogP contribution >= 0.6 is 0 Å². The maximum absolute atomic E-state index is 12.3. The van der Waals surface area contributed by atoms with Gasteiger partial charge in [0.1, 0.15) is 0 Å². The van der Waals surface area contributed by atoms with E-state index in [2.05, 4.69) is 10.6 Å². The Morgan fingerprint density at radius 2 is 1.62 bits per heavy atom. The van der Waals surface area contributed by atoms with Crippen LogP contribution in [0.4, 0.5) is 11.4 Å². The molecule has 126 valence electrons. The molecule has 2 amide bonds. The molecule has 0 heterocycles. The molecular weight excluding hydrogens is 304 g/mol. The van der Waals surface area contributed by atoms with Gasteiger partial charge in [-0.2, -0.15) is 0 Å². The highest BCUT2D eigenvalue weighted by Crippen LogP contribution is 2.25. The van der Waals surface area contributed by atoms with E-state index in [1.165, 1.54) is 0 Å². The Labute approximate surface area is 141 Å². The van der Waals surface area contributed by atoms with Gasteiger partial charge < -0.3 is 15.7 Å². The fraction of sp³-hybridized carbons (Fsp3) is 0.263. The molecule has 0 aliphatic rings. The molecule has 0 spiro atoms. The van der Waals surface area contributed by atoms with Crippen molar-refractivity contribution in [2.24, 2.45) is 0 Å². The first kappa shape index (κ1) is 17.7. The van der Waals surface area contributed by atoms with Crippen molar-refractivity contribution >= 4 is 23.2 Å². The van der Waals surface area contributed by atoms with Crippen molar-refractivity contribution in [2.75, 3.05) is 10.6 Å². The standard InChI is InChI=1S/C19H22N2O3/c1-3-8-17(22)20-15-11-7-12-16(13(15)2)21-19(24)18(23)14-9-5-4-6-10-14/h4-7,9-12,18,23H,3,8H2,1-2H3,(H,20,22)(H,21,24). The fourth-order valence-corrected chi connectivity index (χ4v) is 2.33. The number of hydrogen-bond acceptors (Lipinski definition) is 3. The molecule has 5 heteroatoms. The minimum atomic E-state index is -1.25. The molecule has 0 saturated carbocycles. The van der Waals surface area contributed by atoms with E-state index in [1.54, 1.807) is 42.5 Å². The zero-order valence-electron chi connectivity index (χ0n) is 13.9. The fourth-order valence-electron chi connectivity index (χ4n) is 2.33. The molecule has 2 aromatic carbocycles. The van der Waals surface area contributed by atoms with E-state index in [0.717, 1.165) is 12.0 Å². The van der Waals surface area contributed by atoms with Gasteiger partial charge in [0.2, 0.25) is 5.91 Å². The lowest BCUT2D eigenvalue weighted by Crippen LogP contribution is -2.21. The highest BCUT2D eigenvalue weighted by atomic mass is 16.3. The largest absolute Gasteiger partial charge is 0.378 e. The number of nitrogens with one attached hydrogen (secondary N) is 2. The van der Waals surface area contributed by atoms with E-state index >= 15 is 0 Å². The number of benzene rings is 2. The van der Waals surface area contributed by atoms with E-state index in [-0.39, 0.29) is 5.91 Å². The second-order valence-electron chi connectivity index (χ2n) is 5.58. The van der Waals surface area contributed by atoms with Gasteiger partial charge in [-0.1, -0.05) is 43.3 Å². The third-order valence-corrected chi connectivity index (χ3v) is 3.71. The van der Waals surface area contributed by atoms with E-state index in [1.807, 2.05) is 19.9 Å². The number of hydrogen-bond donors (Lipinski definition) is 3. The summed E-state index contributed by atoms with van der Waals surface area (Å²) >= 11 is 0. The highest BCUT2D eigenvalue weighted by Gasteiger charge is 2.18. The lowest BCUT2D eigenvalue weighted by Gasteiger charge is -2.16. The van der Waals surface area contributed by atoms with Crippen LogP contribution in [0.5, 0.6) is 0 Å². The van der Waals surface area contributed by atoms with Gasteiger partial charge in [0.05, 0.1) is 0 Å². The van der Waals surface area contributed by atoms with Crippen LogP contribution in [0.3, 0.4) is 0 Å². The molecule has 0 radical (unpaired) electrons. The number of rotatable bonds is 6. The highest BCUT2D eigenvalue weighted by molar-refractivity contribution is 5.97. The van der Waals surface area contributed by atoms with E-state index in [9.17, 15) is 14.7 Å². The average Bonchev–Trinajstić information content (AvgIpc) is 2.58. The van der Waals surface area contributed by atoms with Crippen LogP contribution in [0.15, 0.2) is 48.5 Å². The van der Waals surface area contributed by atoms with Crippen LogP contribution in [0.2, 0.25) is 0 Å². The van der Waals surface area contributed by atoms with Crippen molar-refractivity contribution in [3.63, 3.8) is 0 Å². The third-order valence-electron chi connectivity index (χ3n) is 3.71. The van der Waals surface area contributed by atoms with E-state index < -0.39 is 12.0 Å². The first-order chi connectivity index (χ1) is 11.5. The van der Waals surface area contributed by atoms with Crippen LogP contribution in [0, 0.1) is 6.92 Å². The molecule has 24 heavy (non-hydrogen) atoms. The summed E-state index contributed by atoms with van der Waals surface area (Å²) < 4.78 is 0. The summed E-state index contributed by atoms with van der Waals surface area (Å²) in [5, 5.41) is 15.7. The van der Waals surface area contributed by atoms with Gasteiger partial charge >= 0.3 is 0 Å². The van der Waals surface area contributed by atoms with Gasteiger partial charge in [-0.05, 0) is 36.6 Å². The first-order valence-corrected chi connectivity index (χ1v) is 7.96. The summed E-state index contributed by atoms with van der Waals surface area (Å²) in [5.74, 6) is -0.574. The molecule has 1 atom stereocenters. The predicted octanol–water partition coefficient (Wildman–Crippen LogP) is 3.41. The van der Waals surface area contributed by atoms with Gasteiger partial charge in [-0.3, -0.25) is 9.59 Å². The van der Waals surface area contributed by atoms with Gasteiger partial charge in [0, 0.05) is 17.8 Å². The van der Waals surface area contributed by atoms with Crippen molar-refractivity contribution in [1.29, 1.82) is 0 Å². The smallest absolute Gasteiger partial charge is 0.257 e. The number of carbonyl (C=O) groups is 2. The summed E-state index contributed by atoms with van der Waals surface area (Å²) in [4.78, 5) is 24.0. The zero-order valence-corrected chi connectivity index (χ0v) is 13.9. The molecule has 0 aliphatic heterocycles. The monoisotopic (exact) mass is 326 g/mol. The Kier molecular flexibility index (Phi) is 6.09. The number of anilines is 2. The minimum absolute atomic E-state index is 0.0617. The Bertz CT molecular complexity index is 714. The van der Waals surface area contributed by atoms with E-state index in [4.69, 9.17) is 0 Å². The topological polar surface area (TPSA) is 78.4 Å². The lowest BCUT2D eigenvalue weighted by atomic mass is 10.1. The van der Waals surface area contributed by atoms with Crippen molar-refractivity contribution in [1.82, 2.24) is 0 Å². The first-order valence-electron chi connectivity index (χ1n) is 7.96. The predicted molar refractivity (Wildman–Crippen MR) is 94.7 cm³/mol. The van der Waals surface area contributed by atoms with Crippen LogP contribution in [0.25, 0.3) is 0 Å². The summed E-state index contributed by atoms with van der Waals surface area (Å²) in [5.41, 5.74) is 2.49. The summed E-state index contributed by atoms with van der Waals surface area (Å²) in [6.45, 7) is 3.75. The molecule has 0 aliphatic carbocycles. The van der Waals surface area contributed by atoms with E-state index in [0.29, 0.717) is 23.4 Å². The number of carbonyl (C=O) groups excluding carboxylic acids is 2. The van der Waals surface area contributed by atoms with Gasteiger partial charge in [-0.25, -0.2) is 0 Å². The number of aliphatic hydroxyl groups excluding tert-OH is 1. The molecular formula is C19H22N2O3. The Balaban J connectivity index is 2.12. The Morgan fingerprint density at radius 1 is 1.00 bits per heavy atom. The number of aliphatic hydroxyl groups is 1. The van der Waals surface area contributed by atoms with Crippen molar-refractivity contribution < 1.29 is 14.7 Å². The number of amides is 2. The second kappa shape index (κ2) is 8.26. The van der Waals surface area contributed by atoms with Crippen LogP contribution in [-0.4, -0.2) is 16.9 Å². The molecule has 0 bridgehead atoms. The lowest BCUT2D eigenvalue weighted by molar-refractivity contribution is -0.124. The summed E-state index contributed by atoms with van der Waals surface area (Å²) in [6, 6.07) is 14.0. The summed E-state index contributed by atoms with van der Waals surface area (Å²) in [7, 11) is 0. The maximum atomic E-state index is 12.3. The van der Waals surface area contributed by atoms with Crippen LogP contribution in [-0.2, 0) is 9.59 Å². The summed E-state index contributed by atoms with van der Waals surface area (Å²) in [6.07, 6.45) is -0.0308. The van der Waals surface area contributed by atoms with Gasteiger partial charge in [0.15, 0.2) is 6.10 Å². The maximum Gasteiger partial charge on any atom is 0.257 e. The normalized spacial score (nSPS) is 11.6. The molecule has 1 unspecified atom stereocenters. The molecule has 0 saturated heterocycles. The van der Waals surface area contributed by atoms with Crippen molar-refractivity contribution in [2.45, 2.75) is 32.8 Å². The molecule has 0 fully saturated rings. The molecule has 0 aromatic heterocycles. The molecule has 2 aromatic rings. The molecule has 3 N–H and O–H groups in total. The minimum Gasteiger partial charge on any atom is -0.378 e. The SMILES string of the molecule is CCCC(=O)Nc1cccc(NC(=O)C(O)c2ccccc2)c1C.